The molecule has 1 aliphatic heterocycles. The second-order valence-corrected chi connectivity index (χ2v) is 11.4. The topological polar surface area (TPSA) is 66.4 Å². The first kappa shape index (κ1) is 23.6. The zero-order valence-corrected chi connectivity index (χ0v) is 20.4. The first-order valence-electron chi connectivity index (χ1n) is 12.7. The van der Waals surface area contributed by atoms with E-state index in [4.69, 9.17) is 0 Å². The average molecular weight is 501 g/mol. The van der Waals surface area contributed by atoms with E-state index in [1.54, 1.807) is 17.7 Å². The quantitative estimate of drug-likeness (QED) is 0.588. The molecular formula is C27H31F3N4O2. The number of fused-ring (bicyclic) bond motifs is 1. The van der Waals surface area contributed by atoms with Gasteiger partial charge in [0.15, 0.2) is 0 Å². The van der Waals surface area contributed by atoms with Crippen LogP contribution in [-0.4, -0.2) is 41.6 Å². The Hall–Kier alpha value is -2.81. The van der Waals surface area contributed by atoms with E-state index in [9.17, 15) is 22.8 Å². The van der Waals surface area contributed by atoms with E-state index in [0.29, 0.717) is 28.5 Å². The summed E-state index contributed by atoms with van der Waals surface area (Å²) in [7, 11) is 2.08. The molecule has 192 valence electrons. The summed E-state index contributed by atoms with van der Waals surface area (Å²) in [5, 5.41) is 6.21. The maximum absolute atomic E-state index is 14.7. The molecule has 36 heavy (non-hydrogen) atoms. The third kappa shape index (κ3) is 4.01. The summed E-state index contributed by atoms with van der Waals surface area (Å²) in [6, 6.07) is 4.77. The van der Waals surface area contributed by atoms with Crippen molar-refractivity contribution in [2.45, 2.75) is 57.2 Å². The number of alkyl halides is 2. The van der Waals surface area contributed by atoms with E-state index in [1.807, 2.05) is 0 Å². The molecule has 6 nitrogen and oxygen atoms in total. The number of anilines is 1. The van der Waals surface area contributed by atoms with Gasteiger partial charge in [-0.2, -0.15) is 0 Å². The number of benzene rings is 1. The molecular weight excluding hydrogens is 469 g/mol. The Bertz CT molecular complexity index is 1250. The van der Waals surface area contributed by atoms with Crippen LogP contribution in [-0.2, 0) is 0 Å². The minimum atomic E-state index is -2.94. The van der Waals surface area contributed by atoms with Crippen LogP contribution in [0.3, 0.4) is 0 Å². The van der Waals surface area contributed by atoms with E-state index in [1.165, 1.54) is 31.0 Å². The van der Waals surface area contributed by atoms with Gasteiger partial charge >= 0.3 is 0 Å². The predicted molar refractivity (Wildman–Crippen MR) is 130 cm³/mol. The van der Waals surface area contributed by atoms with Crippen molar-refractivity contribution >= 4 is 11.6 Å². The fourth-order valence-corrected chi connectivity index (χ4v) is 6.41. The summed E-state index contributed by atoms with van der Waals surface area (Å²) in [5.41, 5.74) is 0.364. The van der Waals surface area contributed by atoms with Crippen LogP contribution in [0.25, 0.3) is 0 Å². The van der Waals surface area contributed by atoms with Gasteiger partial charge in [0.25, 0.3) is 17.9 Å². The average Bonchev–Trinajstić information content (AvgIpc) is 3.68. The number of nitrogens with one attached hydrogen (secondary N) is 2. The molecule has 3 aliphatic carbocycles. The van der Waals surface area contributed by atoms with Gasteiger partial charge in [0.1, 0.15) is 5.82 Å². The van der Waals surface area contributed by atoms with Gasteiger partial charge in [-0.3, -0.25) is 9.59 Å². The molecule has 1 aromatic heterocycles. The first-order chi connectivity index (χ1) is 17.2. The van der Waals surface area contributed by atoms with Crippen molar-refractivity contribution in [3.05, 3.63) is 63.3 Å². The molecule has 1 saturated heterocycles. The van der Waals surface area contributed by atoms with Crippen molar-refractivity contribution in [2.75, 3.05) is 25.5 Å². The SMILES string of the molecule is C[C@@H](NC(=O)c1cn(C2CC3(CC3)C2)c(=O)cc1N[C@@H]1[C@@H]2CN(C)C[C@@H]21)c1cccc(C(F)F)c1F. The summed E-state index contributed by atoms with van der Waals surface area (Å²) in [4.78, 5) is 28.8. The van der Waals surface area contributed by atoms with Crippen molar-refractivity contribution in [1.29, 1.82) is 0 Å². The van der Waals surface area contributed by atoms with Gasteiger partial charge < -0.3 is 20.1 Å². The molecule has 0 bridgehead atoms. The summed E-state index contributed by atoms with van der Waals surface area (Å²) < 4.78 is 42.7. The highest BCUT2D eigenvalue weighted by atomic mass is 19.3. The van der Waals surface area contributed by atoms with Crippen LogP contribution in [0.2, 0.25) is 0 Å². The van der Waals surface area contributed by atoms with Gasteiger partial charge in [0.05, 0.1) is 22.9 Å². The Balaban J connectivity index is 1.27. The highest BCUT2D eigenvalue weighted by molar-refractivity contribution is 5.99. The van der Waals surface area contributed by atoms with Crippen molar-refractivity contribution in [2.24, 2.45) is 17.3 Å². The van der Waals surface area contributed by atoms with Gasteiger partial charge in [-0.1, -0.05) is 18.2 Å². The number of hydrogen-bond donors (Lipinski definition) is 2. The van der Waals surface area contributed by atoms with Crippen molar-refractivity contribution in [3.8, 4) is 0 Å². The van der Waals surface area contributed by atoms with E-state index in [2.05, 4.69) is 22.6 Å². The monoisotopic (exact) mass is 500 g/mol. The molecule has 0 radical (unpaired) electrons. The lowest BCUT2D eigenvalue weighted by molar-refractivity contribution is 0.0938. The molecule has 9 heteroatoms. The number of rotatable bonds is 7. The predicted octanol–water partition coefficient (Wildman–Crippen LogP) is 4.50. The lowest BCUT2D eigenvalue weighted by atomic mass is 9.76. The van der Waals surface area contributed by atoms with Crippen LogP contribution in [0, 0.1) is 23.1 Å². The van der Waals surface area contributed by atoms with Crippen LogP contribution < -0.4 is 16.2 Å². The third-order valence-electron chi connectivity index (χ3n) is 8.82. The van der Waals surface area contributed by atoms with E-state index >= 15 is 0 Å². The molecule has 4 fully saturated rings. The fourth-order valence-electron chi connectivity index (χ4n) is 6.41. The second-order valence-electron chi connectivity index (χ2n) is 11.4. The number of pyridine rings is 1. The van der Waals surface area contributed by atoms with Crippen molar-refractivity contribution < 1.29 is 18.0 Å². The van der Waals surface area contributed by atoms with Crippen LogP contribution in [0.1, 0.15) is 72.6 Å². The maximum Gasteiger partial charge on any atom is 0.266 e. The Morgan fingerprint density at radius 1 is 1.14 bits per heavy atom. The van der Waals surface area contributed by atoms with E-state index in [0.717, 1.165) is 32.0 Å². The highest BCUT2D eigenvalue weighted by Gasteiger charge is 2.55. The molecule has 1 amide bonds. The maximum atomic E-state index is 14.7. The number of hydrogen-bond acceptors (Lipinski definition) is 4. The smallest absolute Gasteiger partial charge is 0.266 e. The minimum Gasteiger partial charge on any atom is -0.381 e. The molecule has 2 heterocycles. The van der Waals surface area contributed by atoms with Crippen molar-refractivity contribution in [1.82, 2.24) is 14.8 Å². The molecule has 2 N–H and O–H groups in total. The standard InChI is InChI=1S/C27H31F3N4O2/c1-14(16-4-3-5-17(23(16)28)25(29)30)31-26(36)20-13-34(15-9-27(10-15)6-7-27)22(35)8-21(20)32-24-18-11-33(2)12-19(18)24/h3-5,8,13-15,18-19,24-25,32H,6-7,9-12H2,1-2H3,(H,31,36)/t14-,18-,19+,24-/m1/s1. The fraction of sp³-hybridized carbons (Fsp3) is 0.556. The normalized spacial score (nSPS) is 27.0. The number of likely N-dealkylation sites (tertiary alicyclic amines) is 1. The summed E-state index contributed by atoms with van der Waals surface area (Å²) in [6.45, 7) is 3.52. The van der Waals surface area contributed by atoms with Crippen LogP contribution >= 0.6 is 0 Å². The highest BCUT2D eigenvalue weighted by Crippen LogP contribution is 2.64. The van der Waals surface area contributed by atoms with E-state index in [-0.39, 0.29) is 23.2 Å². The second kappa shape index (κ2) is 8.36. The van der Waals surface area contributed by atoms with Gasteiger partial charge in [-0.05, 0) is 56.9 Å². The lowest BCUT2D eigenvalue weighted by Crippen LogP contribution is -2.37. The molecule has 0 unspecified atom stereocenters. The third-order valence-corrected chi connectivity index (χ3v) is 8.82. The Kier molecular flexibility index (Phi) is 5.48. The zero-order valence-electron chi connectivity index (χ0n) is 20.4. The molecule has 2 aromatic rings. The van der Waals surface area contributed by atoms with Gasteiger partial charge in [0.2, 0.25) is 0 Å². The summed E-state index contributed by atoms with van der Waals surface area (Å²) in [5.74, 6) is -0.508. The Morgan fingerprint density at radius 3 is 2.44 bits per heavy atom. The lowest BCUT2D eigenvalue weighted by Gasteiger charge is -2.37. The number of piperidine rings is 1. The van der Waals surface area contributed by atoms with Gasteiger partial charge in [-0.25, -0.2) is 13.2 Å². The Morgan fingerprint density at radius 2 is 1.81 bits per heavy atom. The first-order valence-corrected chi connectivity index (χ1v) is 12.7. The molecule has 4 aliphatic rings. The molecule has 1 spiro atoms. The Labute approximate surface area is 207 Å². The number of aromatic nitrogens is 1. The molecule has 3 saturated carbocycles. The number of nitrogens with zero attached hydrogens (tertiary/aromatic N) is 2. The van der Waals surface area contributed by atoms with Crippen LogP contribution in [0.15, 0.2) is 35.3 Å². The number of carbonyl (C=O) groups is 1. The molecule has 6 rings (SSSR count). The minimum absolute atomic E-state index is 0.00147. The van der Waals surface area contributed by atoms with E-state index < -0.39 is 29.8 Å². The van der Waals surface area contributed by atoms with Crippen molar-refractivity contribution in [3.63, 3.8) is 0 Å². The summed E-state index contributed by atoms with van der Waals surface area (Å²) >= 11 is 0. The molecule has 1 aromatic carbocycles. The zero-order chi connectivity index (χ0) is 25.4. The number of halogens is 3. The van der Waals surface area contributed by atoms with Gasteiger partial charge in [0, 0.05) is 43.0 Å². The van der Waals surface area contributed by atoms with Gasteiger partial charge in [-0.15, -0.1) is 0 Å². The van der Waals surface area contributed by atoms with Crippen LogP contribution in [0.4, 0.5) is 18.9 Å². The largest absolute Gasteiger partial charge is 0.381 e. The number of amides is 1. The molecule has 4 atom stereocenters. The number of carbonyl (C=O) groups excluding carboxylic acids is 1. The van der Waals surface area contributed by atoms with Crippen LogP contribution in [0.5, 0.6) is 0 Å². The summed E-state index contributed by atoms with van der Waals surface area (Å²) in [6.07, 6.45) is 2.98.